The van der Waals surface area contributed by atoms with E-state index in [0.717, 1.165) is 11.3 Å². The van der Waals surface area contributed by atoms with Crippen molar-refractivity contribution in [1.82, 2.24) is 10.2 Å². The van der Waals surface area contributed by atoms with Crippen molar-refractivity contribution in [3.05, 3.63) is 59.7 Å². The number of urea groups is 1. The lowest BCUT2D eigenvalue weighted by atomic mass is 9.84. The zero-order valence-corrected chi connectivity index (χ0v) is 14.5. The molecule has 2 aliphatic heterocycles. The number of ether oxygens (including phenoxy) is 2. The monoisotopic (exact) mass is 352 g/mol. The quantitative estimate of drug-likeness (QED) is 0.859. The van der Waals surface area contributed by atoms with Crippen molar-refractivity contribution in [2.45, 2.75) is 18.9 Å². The summed E-state index contributed by atoms with van der Waals surface area (Å²) in [7, 11) is 0. The van der Waals surface area contributed by atoms with Gasteiger partial charge in [0.25, 0.3) is 5.91 Å². The van der Waals surface area contributed by atoms with Gasteiger partial charge in [-0.3, -0.25) is 9.69 Å². The molecule has 1 unspecified atom stereocenters. The summed E-state index contributed by atoms with van der Waals surface area (Å²) in [6.07, 6.45) is 0.420. The van der Waals surface area contributed by atoms with Gasteiger partial charge in [0.05, 0.1) is 13.2 Å². The summed E-state index contributed by atoms with van der Waals surface area (Å²) in [5, 5.41) is 2.88. The van der Waals surface area contributed by atoms with E-state index in [0.29, 0.717) is 24.3 Å². The highest BCUT2D eigenvalue weighted by Crippen LogP contribution is 2.40. The number of hydrogen-bond acceptors (Lipinski definition) is 4. The Balaban J connectivity index is 1.50. The molecule has 2 heterocycles. The van der Waals surface area contributed by atoms with Gasteiger partial charge in [-0.2, -0.15) is 0 Å². The molecule has 1 N–H and O–H groups in total. The summed E-state index contributed by atoms with van der Waals surface area (Å²) in [6.45, 7) is 2.81. The molecular formula is C20H20N2O4. The van der Waals surface area contributed by atoms with Crippen LogP contribution >= 0.6 is 0 Å². The zero-order chi connectivity index (χ0) is 18.1. The Kier molecular flexibility index (Phi) is 4.03. The summed E-state index contributed by atoms with van der Waals surface area (Å²) in [6, 6.07) is 14.6. The summed E-state index contributed by atoms with van der Waals surface area (Å²) >= 11 is 0. The minimum absolute atomic E-state index is 0.198. The fraction of sp³-hybridized carbons (Fsp3) is 0.300. The maximum absolute atomic E-state index is 13.1. The highest BCUT2D eigenvalue weighted by atomic mass is 16.5. The van der Waals surface area contributed by atoms with Gasteiger partial charge >= 0.3 is 6.03 Å². The Morgan fingerprint density at radius 2 is 2.04 bits per heavy atom. The number of nitrogens with zero attached hydrogens (tertiary/aromatic N) is 1. The molecule has 2 aromatic rings. The molecule has 134 valence electrons. The van der Waals surface area contributed by atoms with Crippen LogP contribution in [-0.2, 0) is 10.3 Å². The average Bonchev–Trinajstić information content (AvgIpc) is 2.87. The van der Waals surface area contributed by atoms with Crippen molar-refractivity contribution >= 4 is 11.9 Å². The standard InChI is InChI=1S/C20H20N2O4/c1-14-5-4-6-15(13-14)25-12-10-22-18(23)20(21-19(22)24)9-11-26-17-8-3-2-7-16(17)20/h2-8,13H,9-12H2,1H3,(H,21,24). The first-order chi connectivity index (χ1) is 12.6. The molecule has 0 saturated carbocycles. The van der Waals surface area contributed by atoms with Crippen LogP contribution in [0.25, 0.3) is 0 Å². The van der Waals surface area contributed by atoms with Gasteiger partial charge in [0.1, 0.15) is 18.1 Å². The van der Waals surface area contributed by atoms with E-state index < -0.39 is 5.54 Å². The molecule has 1 fully saturated rings. The first kappa shape index (κ1) is 16.4. The number of fused-ring (bicyclic) bond motifs is 2. The lowest BCUT2D eigenvalue weighted by Crippen LogP contribution is -2.47. The third-order valence-electron chi connectivity index (χ3n) is 4.83. The lowest BCUT2D eigenvalue weighted by Gasteiger charge is -2.33. The fourth-order valence-corrected chi connectivity index (χ4v) is 3.53. The van der Waals surface area contributed by atoms with E-state index in [9.17, 15) is 9.59 Å². The van der Waals surface area contributed by atoms with Gasteiger partial charge in [0.15, 0.2) is 5.54 Å². The van der Waals surface area contributed by atoms with Gasteiger partial charge in [0, 0.05) is 12.0 Å². The van der Waals surface area contributed by atoms with Crippen molar-refractivity contribution in [2.24, 2.45) is 0 Å². The van der Waals surface area contributed by atoms with Gasteiger partial charge in [-0.25, -0.2) is 4.79 Å². The molecule has 3 amide bonds. The molecule has 1 spiro atoms. The summed E-state index contributed by atoms with van der Waals surface area (Å²) < 4.78 is 11.3. The highest BCUT2D eigenvalue weighted by molar-refractivity contribution is 6.07. The third-order valence-corrected chi connectivity index (χ3v) is 4.83. The zero-order valence-electron chi connectivity index (χ0n) is 14.5. The van der Waals surface area contributed by atoms with Crippen molar-refractivity contribution < 1.29 is 19.1 Å². The lowest BCUT2D eigenvalue weighted by molar-refractivity contribution is -0.132. The first-order valence-corrected chi connectivity index (χ1v) is 8.66. The third kappa shape index (κ3) is 2.67. The van der Waals surface area contributed by atoms with E-state index >= 15 is 0 Å². The van der Waals surface area contributed by atoms with Gasteiger partial charge in [-0.1, -0.05) is 30.3 Å². The SMILES string of the molecule is Cc1cccc(OCCN2C(=O)NC3(CCOc4ccccc43)C2=O)c1. The molecule has 4 rings (SSSR count). The van der Waals surface area contributed by atoms with Crippen LogP contribution in [0, 0.1) is 6.92 Å². The number of imide groups is 1. The molecule has 26 heavy (non-hydrogen) atoms. The van der Waals surface area contributed by atoms with Crippen LogP contribution in [0.4, 0.5) is 4.79 Å². The molecule has 0 aliphatic carbocycles. The van der Waals surface area contributed by atoms with E-state index in [-0.39, 0.29) is 25.1 Å². The number of aryl methyl sites for hydroxylation is 1. The maximum atomic E-state index is 13.1. The van der Waals surface area contributed by atoms with E-state index in [1.807, 2.05) is 55.5 Å². The van der Waals surface area contributed by atoms with E-state index in [1.54, 1.807) is 0 Å². The summed E-state index contributed by atoms with van der Waals surface area (Å²) in [4.78, 5) is 26.8. The van der Waals surface area contributed by atoms with Crippen LogP contribution in [0.5, 0.6) is 11.5 Å². The molecular weight excluding hydrogens is 332 g/mol. The number of carbonyl (C=O) groups is 2. The molecule has 2 aromatic carbocycles. The molecule has 2 aliphatic rings. The number of hydrogen-bond donors (Lipinski definition) is 1. The number of amides is 3. The Labute approximate surface area is 151 Å². The van der Waals surface area contributed by atoms with Crippen LogP contribution in [-0.4, -0.2) is 36.6 Å². The largest absolute Gasteiger partial charge is 0.493 e. The van der Waals surface area contributed by atoms with Crippen LogP contribution < -0.4 is 14.8 Å². The predicted molar refractivity (Wildman–Crippen MR) is 95.2 cm³/mol. The Morgan fingerprint density at radius 1 is 1.19 bits per heavy atom. The maximum Gasteiger partial charge on any atom is 0.325 e. The van der Waals surface area contributed by atoms with Crippen molar-refractivity contribution in [1.29, 1.82) is 0 Å². The van der Waals surface area contributed by atoms with E-state index in [4.69, 9.17) is 9.47 Å². The molecule has 0 radical (unpaired) electrons. The highest BCUT2D eigenvalue weighted by Gasteiger charge is 2.54. The fourth-order valence-electron chi connectivity index (χ4n) is 3.53. The average molecular weight is 352 g/mol. The second-order valence-corrected chi connectivity index (χ2v) is 6.55. The summed E-state index contributed by atoms with van der Waals surface area (Å²) in [5.41, 5.74) is 0.775. The van der Waals surface area contributed by atoms with Crippen molar-refractivity contribution in [3.8, 4) is 11.5 Å². The van der Waals surface area contributed by atoms with Crippen molar-refractivity contribution in [2.75, 3.05) is 19.8 Å². The molecule has 6 nitrogen and oxygen atoms in total. The minimum Gasteiger partial charge on any atom is -0.493 e. The van der Waals surface area contributed by atoms with Gasteiger partial charge in [-0.05, 0) is 30.7 Å². The second-order valence-electron chi connectivity index (χ2n) is 6.55. The second kappa shape index (κ2) is 6.37. The van der Waals surface area contributed by atoms with Crippen LogP contribution in [0.2, 0.25) is 0 Å². The number of carbonyl (C=O) groups excluding carboxylic acids is 2. The first-order valence-electron chi connectivity index (χ1n) is 8.66. The van der Waals surface area contributed by atoms with Gasteiger partial charge in [0.2, 0.25) is 0 Å². The molecule has 1 saturated heterocycles. The Morgan fingerprint density at radius 3 is 2.88 bits per heavy atom. The number of benzene rings is 2. The smallest absolute Gasteiger partial charge is 0.325 e. The topological polar surface area (TPSA) is 67.9 Å². The van der Waals surface area contributed by atoms with Gasteiger partial charge in [-0.15, -0.1) is 0 Å². The molecule has 0 aromatic heterocycles. The number of rotatable bonds is 4. The van der Waals surface area contributed by atoms with Crippen LogP contribution in [0.1, 0.15) is 17.5 Å². The molecule has 0 bridgehead atoms. The normalized spacial score (nSPS) is 21.3. The van der Waals surface area contributed by atoms with E-state index in [1.165, 1.54) is 4.90 Å². The Bertz CT molecular complexity index is 866. The van der Waals surface area contributed by atoms with Gasteiger partial charge < -0.3 is 14.8 Å². The minimum atomic E-state index is -1.03. The number of para-hydroxylation sites is 1. The predicted octanol–water partition coefficient (Wildman–Crippen LogP) is 2.60. The van der Waals surface area contributed by atoms with E-state index in [2.05, 4.69) is 5.32 Å². The summed E-state index contributed by atoms with van der Waals surface area (Å²) in [5.74, 6) is 1.12. The van der Waals surface area contributed by atoms with Crippen molar-refractivity contribution in [3.63, 3.8) is 0 Å². The Hall–Kier alpha value is -3.02. The molecule has 1 atom stereocenters. The van der Waals surface area contributed by atoms with Crippen LogP contribution in [0.3, 0.4) is 0 Å². The number of nitrogens with one attached hydrogen (secondary N) is 1. The molecule has 6 heteroatoms. The van der Waals surface area contributed by atoms with Crippen LogP contribution in [0.15, 0.2) is 48.5 Å².